The van der Waals surface area contributed by atoms with E-state index in [1.165, 1.54) is 0 Å². The Morgan fingerprint density at radius 1 is 0.800 bits per heavy atom. The SMILES string of the molecule is FC(F)(F)C(Cl)(N=P(Cl)(Cl)Cl)C(F)(F)F. The predicted octanol–water partition coefficient (Wildman–Crippen LogP) is 5.71. The quantitative estimate of drug-likeness (QED) is 0.252. The molecule has 0 saturated carbocycles. The number of rotatable bonds is 1. The molecule has 0 saturated heterocycles. The minimum Gasteiger partial charge on any atom is -0.220 e. The Labute approximate surface area is 99.0 Å². The number of hydrogen-bond donors (Lipinski definition) is 0. The molecule has 0 aromatic rings. The highest BCUT2D eigenvalue weighted by atomic mass is 36.0. The lowest BCUT2D eigenvalue weighted by atomic mass is 10.3. The summed E-state index contributed by atoms with van der Waals surface area (Å²) >= 11 is 18.8. The molecule has 1 nitrogen and oxygen atoms in total. The Morgan fingerprint density at radius 3 is 1.13 bits per heavy atom. The molecule has 0 fully saturated rings. The summed E-state index contributed by atoms with van der Waals surface area (Å²) in [6.45, 7) is 0. The van der Waals surface area contributed by atoms with E-state index in [2.05, 4.69) is 11.6 Å². The molecule has 0 aliphatic heterocycles. The Morgan fingerprint density at radius 2 is 1.07 bits per heavy atom. The third kappa shape index (κ3) is 4.04. The van der Waals surface area contributed by atoms with Gasteiger partial charge in [0, 0.05) is 0 Å². The summed E-state index contributed by atoms with van der Waals surface area (Å²) in [5.74, 6) is 0. The molecule has 0 unspecified atom stereocenters. The molecular formula is C3Cl4F6NP. The normalized spacial score (nSPS) is 15.3. The van der Waals surface area contributed by atoms with Crippen LogP contribution >= 0.6 is 50.4 Å². The Hall–Kier alpha value is 0.970. The van der Waals surface area contributed by atoms with Crippen LogP contribution in [-0.2, 0) is 0 Å². The van der Waals surface area contributed by atoms with E-state index in [1.807, 2.05) is 4.74 Å². The predicted molar refractivity (Wildman–Crippen MR) is 47.6 cm³/mol. The van der Waals surface area contributed by atoms with Crippen LogP contribution in [0.1, 0.15) is 0 Å². The zero-order chi connectivity index (χ0) is 12.7. The van der Waals surface area contributed by atoms with E-state index >= 15 is 0 Å². The van der Waals surface area contributed by atoms with Crippen LogP contribution in [0.25, 0.3) is 0 Å². The van der Waals surface area contributed by atoms with Gasteiger partial charge in [0.2, 0.25) is 5.11 Å². The van der Waals surface area contributed by atoms with Crippen molar-refractivity contribution in [1.82, 2.24) is 0 Å². The Bertz CT molecular complexity index is 267. The fourth-order valence-electron chi connectivity index (χ4n) is 0.430. The van der Waals surface area contributed by atoms with Crippen LogP contribution in [-0.4, -0.2) is 17.4 Å². The zero-order valence-electron chi connectivity index (χ0n) is 6.17. The van der Waals surface area contributed by atoms with Crippen LogP contribution in [0.2, 0.25) is 0 Å². The highest BCUT2D eigenvalue weighted by Gasteiger charge is 2.71. The van der Waals surface area contributed by atoms with Crippen molar-refractivity contribution in [3.8, 4) is 0 Å². The maximum absolute atomic E-state index is 12.0. The van der Waals surface area contributed by atoms with E-state index in [0.29, 0.717) is 0 Å². The Kier molecular flexibility index (Phi) is 4.61. The summed E-state index contributed by atoms with van der Waals surface area (Å²) in [6, 6.07) is 0. The van der Waals surface area contributed by atoms with Gasteiger partial charge in [-0.1, -0.05) is 11.6 Å². The van der Waals surface area contributed by atoms with E-state index in [9.17, 15) is 26.3 Å². The molecule has 0 aliphatic carbocycles. The molecule has 0 amide bonds. The molecular weight excluding hydrogens is 337 g/mol. The van der Waals surface area contributed by atoms with E-state index < -0.39 is 22.5 Å². The highest BCUT2D eigenvalue weighted by Crippen LogP contribution is 2.69. The van der Waals surface area contributed by atoms with Gasteiger partial charge in [0.05, 0.1) is 0 Å². The summed E-state index contributed by atoms with van der Waals surface area (Å²) in [7, 11) is 0. The largest absolute Gasteiger partial charge is 0.436 e. The molecule has 92 valence electrons. The minimum atomic E-state index is -5.91. The average Bonchev–Trinajstić information content (AvgIpc) is 1.77. The monoisotopic (exact) mass is 335 g/mol. The lowest BCUT2D eigenvalue weighted by molar-refractivity contribution is -0.264. The van der Waals surface area contributed by atoms with Crippen molar-refractivity contribution in [2.24, 2.45) is 4.74 Å². The first kappa shape index (κ1) is 16.0. The maximum Gasteiger partial charge on any atom is 0.436 e. The fraction of sp³-hybridized carbons (Fsp3) is 1.00. The molecule has 12 heteroatoms. The van der Waals surface area contributed by atoms with Gasteiger partial charge in [0.1, 0.15) is 0 Å². The molecule has 0 bridgehead atoms. The molecule has 0 atom stereocenters. The van der Waals surface area contributed by atoms with Crippen molar-refractivity contribution < 1.29 is 26.3 Å². The van der Waals surface area contributed by atoms with Gasteiger partial charge in [-0.3, -0.25) is 0 Å². The van der Waals surface area contributed by atoms with Gasteiger partial charge in [0.25, 0.3) is 0 Å². The lowest BCUT2D eigenvalue weighted by Crippen LogP contribution is -2.50. The molecule has 0 rings (SSSR count). The van der Waals surface area contributed by atoms with E-state index in [4.69, 9.17) is 33.7 Å². The molecule has 0 heterocycles. The van der Waals surface area contributed by atoms with Gasteiger partial charge in [-0.05, 0) is 33.7 Å². The van der Waals surface area contributed by atoms with E-state index in [0.717, 1.165) is 0 Å². The second-order valence-electron chi connectivity index (χ2n) is 2.14. The minimum absolute atomic E-state index is 2.01. The first-order valence-corrected chi connectivity index (χ1v) is 7.59. The van der Waals surface area contributed by atoms with Gasteiger partial charge >= 0.3 is 17.4 Å². The molecule has 0 aromatic carbocycles. The molecule has 0 radical (unpaired) electrons. The summed E-state index contributed by atoms with van der Waals surface area (Å²) in [6.07, 6.45) is -11.8. The van der Waals surface area contributed by atoms with Gasteiger partial charge < -0.3 is 0 Å². The average molecular weight is 337 g/mol. The van der Waals surface area contributed by atoms with Crippen molar-refractivity contribution in [1.29, 1.82) is 0 Å². The molecule has 0 aromatic heterocycles. The van der Waals surface area contributed by atoms with Crippen LogP contribution in [0.15, 0.2) is 4.74 Å². The highest BCUT2D eigenvalue weighted by molar-refractivity contribution is 8.26. The molecule has 0 N–H and O–H groups in total. The van der Waals surface area contributed by atoms with Crippen LogP contribution in [0.4, 0.5) is 26.3 Å². The molecule has 0 spiro atoms. The summed E-state index contributed by atoms with van der Waals surface area (Å²) in [5, 5.41) is -4.26. The maximum atomic E-state index is 12.0. The van der Waals surface area contributed by atoms with Crippen molar-refractivity contribution >= 4 is 50.4 Å². The van der Waals surface area contributed by atoms with Crippen molar-refractivity contribution in [2.75, 3.05) is 0 Å². The summed E-state index contributed by atoms with van der Waals surface area (Å²) < 4.78 is 74.2. The number of alkyl halides is 7. The third-order valence-corrected chi connectivity index (χ3v) is 2.84. The summed E-state index contributed by atoms with van der Waals surface area (Å²) in [5.41, 5.74) is 0. The van der Waals surface area contributed by atoms with Crippen LogP contribution < -0.4 is 0 Å². The van der Waals surface area contributed by atoms with Crippen molar-refractivity contribution in [3.05, 3.63) is 0 Å². The zero-order valence-corrected chi connectivity index (χ0v) is 10.1. The van der Waals surface area contributed by atoms with Gasteiger partial charge in [-0.25, -0.2) is 4.74 Å². The number of nitrogens with zero attached hydrogens (tertiary/aromatic N) is 1. The van der Waals surface area contributed by atoms with Crippen molar-refractivity contribution in [3.63, 3.8) is 0 Å². The van der Waals surface area contributed by atoms with Gasteiger partial charge in [-0.15, -0.1) is 0 Å². The standard InChI is InChI=1S/C3Cl4F6NP/c4-1(2(8,9)10,3(11,12)13)14-15(5,6)7. The fourth-order valence-corrected chi connectivity index (χ4v) is 2.68. The van der Waals surface area contributed by atoms with E-state index in [1.54, 1.807) is 0 Å². The molecule has 15 heavy (non-hydrogen) atoms. The van der Waals surface area contributed by atoms with E-state index in [-0.39, 0.29) is 0 Å². The topological polar surface area (TPSA) is 12.4 Å². The first-order chi connectivity index (χ1) is 6.21. The van der Waals surface area contributed by atoms with Gasteiger partial charge in [-0.2, -0.15) is 26.3 Å². The number of hydrogen-bond acceptors (Lipinski definition) is 1. The van der Waals surface area contributed by atoms with Crippen molar-refractivity contribution in [2.45, 2.75) is 17.4 Å². The first-order valence-electron chi connectivity index (χ1n) is 2.75. The van der Waals surface area contributed by atoms with Gasteiger partial charge in [0.15, 0.2) is 0 Å². The second-order valence-corrected chi connectivity index (χ2v) is 9.68. The third-order valence-electron chi connectivity index (χ3n) is 1.00. The number of halogens is 10. The van der Waals surface area contributed by atoms with Crippen LogP contribution in [0.5, 0.6) is 0 Å². The smallest absolute Gasteiger partial charge is 0.220 e. The van der Waals surface area contributed by atoms with Crippen LogP contribution in [0.3, 0.4) is 0 Å². The lowest BCUT2D eigenvalue weighted by Gasteiger charge is -2.28. The molecule has 0 aliphatic rings. The second kappa shape index (κ2) is 4.33. The Balaban J connectivity index is 5.67. The van der Waals surface area contributed by atoms with Crippen LogP contribution in [0, 0.1) is 0 Å². The summed E-state index contributed by atoms with van der Waals surface area (Å²) in [4.78, 5) is -4.89.